The molecule has 0 amide bonds. The number of benzene rings is 1. The van der Waals surface area contributed by atoms with E-state index in [-0.39, 0.29) is 0 Å². The summed E-state index contributed by atoms with van der Waals surface area (Å²) in [5.41, 5.74) is 2.40. The van der Waals surface area contributed by atoms with Crippen LogP contribution in [0.4, 0.5) is 0 Å². The van der Waals surface area contributed by atoms with Crippen LogP contribution in [0.15, 0.2) is 28.7 Å². The molecule has 0 atom stereocenters. The van der Waals surface area contributed by atoms with Crippen molar-refractivity contribution >= 4 is 27.3 Å². The molecule has 0 aliphatic carbocycles. The van der Waals surface area contributed by atoms with Gasteiger partial charge in [0.05, 0.1) is 5.69 Å². The maximum absolute atomic E-state index is 4.71. The number of thiazole rings is 1. The van der Waals surface area contributed by atoms with E-state index in [4.69, 9.17) is 4.98 Å². The molecule has 1 N–H and O–H groups in total. The van der Waals surface area contributed by atoms with Crippen LogP contribution in [0.2, 0.25) is 0 Å². The SMILES string of the molecule is CNCCc1nc(-c2ccc(Br)cc2)sc1C. The number of nitrogens with one attached hydrogen (secondary N) is 1. The molecule has 0 saturated carbocycles. The number of aryl methyl sites for hydroxylation is 1. The van der Waals surface area contributed by atoms with E-state index >= 15 is 0 Å². The maximum atomic E-state index is 4.71. The molecule has 0 radical (unpaired) electrons. The maximum Gasteiger partial charge on any atom is 0.123 e. The zero-order chi connectivity index (χ0) is 12.3. The van der Waals surface area contributed by atoms with Crippen molar-refractivity contribution in [1.29, 1.82) is 0 Å². The highest BCUT2D eigenvalue weighted by atomic mass is 79.9. The van der Waals surface area contributed by atoms with Crippen molar-refractivity contribution in [2.24, 2.45) is 0 Å². The molecule has 0 bridgehead atoms. The number of aromatic nitrogens is 1. The molecule has 0 fully saturated rings. The minimum absolute atomic E-state index is 0.977. The fourth-order valence-corrected chi connectivity index (χ4v) is 2.85. The Kier molecular flexibility index (Phi) is 4.31. The van der Waals surface area contributed by atoms with Crippen LogP contribution < -0.4 is 5.32 Å². The van der Waals surface area contributed by atoms with Gasteiger partial charge in [0, 0.05) is 27.9 Å². The van der Waals surface area contributed by atoms with E-state index < -0.39 is 0 Å². The zero-order valence-electron chi connectivity index (χ0n) is 9.96. The Balaban J connectivity index is 2.24. The van der Waals surface area contributed by atoms with Gasteiger partial charge in [-0.25, -0.2) is 4.98 Å². The number of halogens is 1. The Bertz CT molecular complexity index is 491. The van der Waals surface area contributed by atoms with Crippen LogP contribution in [0.1, 0.15) is 10.6 Å². The lowest BCUT2D eigenvalue weighted by molar-refractivity contribution is 0.777. The summed E-state index contributed by atoms with van der Waals surface area (Å²) in [5.74, 6) is 0. The predicted octanol–water partition coefficient (Wildman–Crippen LogP) is 3.64. The molecule has 2 rings (SSSR count). The zero-order valence-corrected chi connectivity index (χ0v) is 12.4. The van der Waals surface area contributed by atoms with E-state index in [2.05, 4.69) is 52.4 Å². The molecule has 17 heavy (non-hydrogen) atoms. The molecule has 2 aromatic rings. The minimum atomic E-state index is 0.977. The third-order valence-electron chi connectivity index (χ3n) is 2.60. The molecule has 0 aliphatic heterocycles. The van der Waals surface area contributed by atoms with Gasteiger partial charge in [0.2, 0.25) is 0 Å². The third-order valence-corrected chi connectivity index (χ3v) is 4.19. The van der Waals surface area contributed by atoms with Crippen LogP contribution in [0.5, 0.6) is 0 Å². The van der Waals surface area contributed by atoms with Crippen molar-refractivity contribution in [2.75, 3.05) is 13.6 Å². The molecule has 4 heteroatoms. The van der Waals surface area contributed by atoms with Gasteiger partial charge in [-0.15, -0.1) is 11.3 Å². The van der Waals surface area contributed by atoms with Gasteiger partial charge in [0.15, 0.2) is 0 Å². The molecule has 0 spiro atoms. The average molecular weight is 311 g/mol. The van der Waals surface area contributed by atoms with Crippen molar-refractivity contribution in [2.45, 2.75) is 13.3 Å². The van der Waals surface area contributed by atoms with Crippen molar-refractivity contribution in [1.82, 2.24) is 10.3 Å². The second-order valence-corrected chi connectivity index (χ2v) is 6.00. The smallest absolute Gasteiger partial charge is 0.123 e. The van der Waals surface area contributed by atoms with Crippen LogP contribution in [-0.2, 0) is 6.42 Å². The molecule has 0 saturated heterocycles. The van der Waals surface area contributed by atoms with Crippen LogP contribution in [-0.4, -0.2) is 18.6 Å². The third kappa shape index (κ3) is 3.15. The fourth-order valence-electron chi connectivity index (χ4n) is 1.62. The Hall–Kier alpha value is -0.710. The van der Waals surface area contributed by atoms with E-state index in [0.29, 0.717) is 0 Å². The van der Waals surface area contributed by atoms with Crippen LogP contribution in [0.3, 0.4) is 0 Å². The first-order valence-corrected chi connectivity index (χ1v) is 7.18. The van der Waals surface area contributed by atoms with Crippen molar-refractivity contribution in [3.63, 3.8) is 0 Å². The topological polar surface area (TPSA) is 24.9 Å². The summed E-state index contributed by atoms with van der Waals surface area (Å²) in [7, 11) is 1.97. The van der Waals surface area contributed by atoms with Gasteiger partial charge in [0.25, 0.3) is 0 Å². The molecule has 2 nitrogen and oxygen atoms in total. The Morgan fingerprint density at radius 3 is 2.65 bits per heavy atom. The second kappa shape index (κ2) is 5.76. The van der Waals surface area contributed by atoms with E-state index in [1.165, 1.54) is 16.1 Å². The summed E-state index contributed by atoms with van der Waals surface area (Å²) in [4.78, 5) is 6.03. The molecule has 1 aromatic heterocycles. The number of hydrogen-bond acceptors (Lipinski definition) is 3. The minimum Gasteiger partial charge on any atom is -0.319 e. The van der Waals surface area contributed by atoms with E-state index in [1.807, 2.05) is 7.05 Å². The van der Waals surface area contributed by atoms with E-state index in [9.17, 15) is 0 Å². The molecule has 0 unspecified atom stereocenters. The van der Waals surface area contributed by atoms with Gasteiger partial charge in [-0.3, -0.25) is 0 Å². The molecule has 90 valence electrons. The highest BCUT2D eigenvalue weighted by molar-refractivity contribution is 9.10. The first kappa shape index (κ1) is 12.7. The lowest BCUT2D eigenvalue weighted by atomic mass is 10.2. The summed E-state index contributed by atoms with van der Waals surface area (Å²) >= 11 is 5.22. The highest BCUT2D eigenvalue weighted by Gasteiger charge is 2.08. The molecular formula is C13H15BrN2S. The number of hydrogen-bond donors (Lipinski definition) is 1. The van der Waals surface area contributed by atoms with Gasteiger partial charge in [0.1, 0.15) is 5.01 Å². The Labute approximate surface area is 114 Å². The van der Waals surface area contributed by atoms with Gasteiger partial charge < -0.3 is 5.32 Å². The number of rotatable bonds is 4. The average Bonchev–Trinajstić information content (AvgIpc) is 2.69. The summed E-state index contributed by atoms with van der Waals surface area (Å²) in [6.45, 7) is 3.12. The van der Waals surface area contributed by atoms with Crippen molar-refractivity contribution in [3.8, 4) is 10.6 Å². The number of nitrogens with zero attached hydrogens (tertiary/aromatic N) is 1. The number of likely N-dealkylation sites (N-methyl/N-ethyl adjacent to an activating group) is 1. The first-order valence-electron chi connectivity index (χ1n) is 5.57. The van der Waals surface area contributed by atoms with Gasteiger partial charge in [-0.1, -0.05) is 28.1 Å². The largest absolute Gasteiger partial charge is 0.319 e. The van der Waals surface area contributed by atoms with Gasteiger partial charge in [-0.05, 0) is 26.1 Å². The van der Waals surface area contributed by atoms with Gasteiger partial charge in [-0.2, -0.15) is 0 Å². The van der Waals surface area contributed by atoms with Crippen molar-refractivity contribution in [3.05, 3.63) is 39.3 Å². The summed E-state index contributed by atoms with van der Waals surface area (Å²) in [5, 5.41) is 4.27. The molecule has 0 aliphatic rings. The predicted molar refractivity (Wildman–Crippen MR) is 77.6 cm³/mol. The van der Waals surface area contributed by atoms with Crippen LogP contribution >= 0.6 is 27.3 Å². The Morgan fingerprint density at radius 2 is 2.00 bits per heavy atom. The first-order chi connectivity index (χ1) is 8.20. The molecule has 1 heterocycles. The highest BCUT2D eigenvalue weighted by Crippen LogP contribution is 2.28. The van der Waals surface area contributed by atoms with E-state index in [0.717, 1.165) is 22.4 Å². The van der Waals surface area contributed by atoms with Crippen molar-refractivity contribution < 1.29 is 0 Å². The summed E-state index contributed by atoms with van der Waals surface area (Å²) in [6, 6.07) is 8.31. The fraction of sp³-hybridized carbons (Fsp3) is 0.308. The standard InChI is InChI=1S/C13H15BrN2S/c1-9-12(7-8-15-2)16-13(17-9)10-3-5-11(14)6-4-10/h3-6,15H,7-8H2,1-2H3. The van der Waals surface area contributed by atoms with Crippen LogP contribution in [0.25, 0.3) is 10.6 Å². The van der Waals surface area contributed by atoms with Gasteiger partial charge >= 0.3 is 0 Å². The second-order valence-electron chi connectivity index (χ2n) is 3.88. The van der Waals surface area contributed by atoms with Crippen LogP contribution in [0, 0.1) is 6.92 Å². The monoisotopic (exact) mass is 310 g/mol. The Morgan fingerprint density at radius 1 is 1.29 bits per heavy atom. The summed E-state index contributed by atoms with van der Waals surface area (Å²) in [6.07, 6.45) is 0.995. The molecule has 1 aromatic carbocycles. The van der Waals surface area contributed by atoms with E-state index in [1.54, 1.807) is 11.3 Å². The lowest BCUT2D eigenvalue weighted by Crippen LogP contribution is -2.10. The lowest BCUT2D eigenvalue weighted by Gasteiger charge is -1.97. The summed E-state index contributed by atoms with van der Waals surface area (Å²) < 4.78 is 1.10. The quantitative estimate of drug-likeness (QED) is 0.932. The molecular weight excluding hydrogens is 296 g/mol. The normalized spacial score (nSPS) is 10.8.